The van der Waals surface area contributed by atoms with E-state index in [-0.39, 0.29) is 12.0 Å². The molecule has 0 radical (unpaired) electrons. The van der Waals surface area contributed by atoms with Crippen LogP contribution in [0.5, 0.6) is 0 Å². The summed E-state index contributed by atoms with van der Waals surface area (Å²) in [6, 6.07) is 1.70. The van der Waals surface area contributed by atoms with Gasteiger partial charge in [-0.3, -0.25) is 9.78 Å². The molecule has 0 unspecified atom stereocenters. The summed E-state index contributed by atoms with van der Waals surface area (Å²) < 4.78 is 0. The van der Waals surface area contributed by atoms with Crippen LogP contribution in [0.4, 0.5) is 5.69 Å². The number of aliphatic hydroxyl groups is 1. The first-order valence-electron chi connectivity index (χ1n) is 6.13. The molecule has 3 N–H and O–H groups in total. The Morgan fingerprint density at radius 2 is 2.28 bits per heavy atom. The predicted molar refractivity (Wildman–Crippen MR) is 69.1 cm³/mol. The second kappa shape index (κ2) is 4.94. The summed E-state index contributed by atoms with van der Waals surface area (Å²) in [5, 5.41) is 9.23. The average molecular weight is 249 g/mol. The van der Waals surface area contributed by atoms with Crippen molar-refractivity contribution in [1.82, 2.24) is 9.88 Å². The van der Waals surface area contributed by atoms with E-state index in [0.29, 0.717) is 23.7 Å². The van der Waals surface area contributed by atoms with Gasteiger partial charge >= 0.3 is 0 Å². The molecule has 5 heteroatoms. The minimum atomic E-state index is -0.190. The molecule has 0 atom stereocenters. The number of aromatic nitrogens is 1. The monoisotopic (exact) mass is 249 g/mol. The third kappa shape index (κ3) is 2.61. The number of amides is 1. The van der Waals surface area contributed by atoms with Crippen molar-refractivity contribution in [3.63, 3.8) is 0 Å². The molecular weight excluding hydrogens is 230 g/mol. The van der Waals surface area contributed by atoms with Gasteiger partial charge in [-0.15, -0.1) is 0 Å². The van der Waals surface area contributed by atoms with Crippen molar-refractivity contribution in [2.75, 3.05) is 19.3 Å². The summed E-state index contributed by atoms with van der Waals surface area (Å²) in [5.74, 6) is 0.287. The summed E-state index contributed by atoms with van der Waals surface area (Å²) in [6.07, 6.45) is 2.89. The summed E-state index contributed by atoms with van der Waals surface area (Å²) in [6.45, 7) is 2.49. The fourth-order valence-corrected chi connectivity index (χ4v) is 2.29. The summed E-state index contributed by atoms with van der Waals surface area (Å²) >= 11 is 0. The van der Waals surface area contributed by atoms with Gasteiger partial charge in [0.05, 0.1) is 11.7 Å². The van der Waals surface area contributed by atoms with Gasteiger partial charge in [0.15, 0.2) is 0 Å². The number of aryl methyl sites for hydroxylation is 1. The maximum atomic E-state index is 12.2. The van der Waals surface area contributed by atoms with Crippen LogP contribution in [0.15, 0.2) is 12.3 Å². The number of pyridine rings is 1. The number of nitrogen functional groups attached to an aromatic ring is 1. The third-order valence-corrected chi connectivity index (χ3v) is 3.39. The fraction of sp³-hybridized carbons (Fsp3) is 0.538. The normalized spacial score (nSPS) is 22.4. The molecule has 1 aromatic heterocycles. The molecule has 0 saturated heterocycles. The van der Waals surface area contributed by atoms with E-state index in [1.807, 2.05) is 6.92 Å². The number of nitrogens with two attached hydrogens (primary N) is 1. The van der Waals surface area contributed by atoms with Crippen molar-refractivity contribution in [1.29, 1.82) is 0 Å². The number of aliphatic hydroxyl groups excluding tert-OH is 1. The molecule has 1 aliphatic rings. The van der Waals surface area contributed by atoms with E-state index in [1.165, 1.54) is 6.20 Å². The predicted octanol–water partition coefficient (Wildman–Crippen LogP) is 0.815. The Kier molecular flexibility index (Phi) is 3.52. The molecule has 0 aromatic carbocycles. The molecule has 1 amide bonds. The number of carbonyl (C=O) groups is 1. The molecule has 5 nitrogen and oxygen atoms in total. The molecule has 0 spiro atoms. The third-order valence-electron chi connectivity index (χ3n) is 3.39. The van der Waals surface area contributed by atoms with E-state index in [9.17, 15) is 9.90 Å². The Labute approximate surface area is 107 Å². The van der Waals surface area contributed by atoms with Crippen molar-refractivity contribution in [2.45, 2.75) is 25.9 Å². The Morgan fingerprint density at radius 3 is 2.83 bits per heavy atom. The van der Waals surface area contributed by atoms with Gasteiger partial charge in [-0.05, 0) is 31.7 Å². The zero-order chi connectivity index (χ0) is 13.3. The maximum absolute atomic E-state index is 12.2. The van der Waals surface area contributed by atoms with Crippen LogP contribution < -0.4 is 5.73 Å². The molecule has 1 aliphatic carbocycles. The molecule has 1 aromatic rings. The van der Waals surface area contributed by atoms with Crippen molar-refractivity contribution < 1.29 is 9.90 Å². The Morgan fingerprint density at radius 1 is 1.61 bits per heavy atom. The lowest BCUT2D eigenvalue weighted by molar-refractivity contribution is 0.0265. The Bertz CT molecular complexity index is 456. The first-order chi connectivity index (χ1) is 8.47. The van der Waals surface area contributed by atoms with Gasteiger partial charge in [-0.2, -0.15) is 0 Å². The summed E-state index contributed by atoms with van der Waals surface area (Å²) in [4.78, 5) is 17.9. The Hall–Kier alpha value is -1.62. The van der Waals surface area contributed by atoms with Crippen molar-refractivity contribution in [3.8, 4) is 0 Å². The highest BCUT2D eigenvalue weighted by atomic mass is 16.3. The minimum absolute atomic E-state index is 0.110. The first-order valence-corrected chi connectivity index (χ1v) is 6.13. The van der Waals surface area contributed by atoms with E-state index in [1.54, 1.807) is 18.0 Å². The first kappa shape index (κ1) is 12.8. The van der Waals surface area contributed by atoms with Crippen LogP contribution in [0.3, 0.4) is 0 Å². The van der Waals surface area contributed by atoms with Crippen LogP contribution in [-0.2, 0) is 0 Å². The molecule has 98 valence electrons. The number of carbonyl (C=O) groups excluding carboxylic acids is 1. The topological polar surface area (TPSA) is 79.5 Å². The molecular formula is C13H19N3O2. The molecule has 2 rings (SSSR count). The second-order valence-corrected chi connectivity index (χ2v) is 5.09. The molecule has 1 heterocycles. The van der Waals surface area contributed by atoms with Gasteiger partial charge in [0, 0.05) is 31.2 Å². The zero-order valence-corrected chi connectivity index (χ0v) is 10.8. The van der Waals surface area contributed by atoms with E-state index in [4.69, 9.17) is 5.73 Å². The van der Waals surface area contributed by atoms with Gasteiger partial charge < -0.3 is 15.7 Å². The largest absolute Gasteiger partial charge is 0.398 e. The molecule has 18 heavy (non-hydrogen) atoms. The lowest BCUT2D eigenvalue weighted by Crippen LogP contribution is -2.39. The van der Waals surface area contributed by atoms with Gasteiger partial charge in [0.25, 0.3) is 5.91 Å². The van der Waals surface area contributed by atoms with Crippen LogP contribution in [-0.4, -0.2) is 40.6 Å². The van der Waals surface area contributed by atoms with Crippen molar-refractivity contribution in [3.05, 3.63) is 23.5 Å². The van der Waals surface area contributed by atoms with Crippen LogP contribution in [0.1, 0.15) is 28.9 Å². The van der Waals surface area contributed by atoms with Crippen molar-refractivity contribution in [2.24, 2.45) is 5.92 Å². The van der Waals surface area contributed by atoms with Gasteiger partial charge in [0.2, 0.25) is 0 Å². The highest BCUT2D eigenvalue weighted by Gasteiger charge is 2.29. The van der Waals surface area contributed by atoms with E-state index in [2.05, 4.69) is 4.98 Å². The SMILES string of the molecule is Cc1cc(N)c(C(=O)N(C)CC2CC(O)C2)cn1. The highest BCUT2D eigenvalue weighted by molar-refractivity contribution is 5.98. The van der Waals surface area contributed by atoms with Crippen LogP contribution in [0.2, 0.25) is 0 Å². The lowest BCUT2D eigenvalue weighted by atomic mass is 9.82. The minimum Gasteiger partial charge on any atom is -0.398 e. The van der Waals surface area contributed by atoms with Crippen LogP contribution >= 0.6 is 0 Å². The molecule has 0 bridgehead atoms. The standard InChI is InChI=1S/C13H19N3O2/c1-8-3-12(14)11(6-15-8)13(18)16(2)7-9-4-10(17)5-9/h3,6,9-10,17H,4-5,7H2,1-2H3,(H2,14,15). The second-order valence-electron chi connectivity index (χ2n) is 5.09. The van der Waals surface area contributed by atoms with Crippen molar-refractivity contribution >= 4 is 11.6 Å². The summed E-state index contributed by atoms with van der Waals surface area (Å²) in [5.41, 5.74) is 7.54. The molecule has 0 aliphatic heterocycles. The number of hydrogen-bond donors (Lipinski definition) is 2. The average Bonchev–Trinajstić information content (AvgIpc) is 2.26. The van der Waals surface area contributed by atoms with Gasteiger partial charge in [-0.1, -0.05) is 0 Å². The number of anilines is 1. The van der Waals surface area contributed by atoms with Gasteiger partial charge in [-0.25, -0.2) is 0 Å². The summed E-state index contributed by atoms with van der Waals surface area (Å²) in [7, 11) is 1.76. The van der Waals surface area contributed by atoms with Gasteiger partial charge in [0.1, 0.15) is 0 Å². The highest BCUT2D eigenvalue weighted by Crippen LogP contribution is 2.28. The van der Waals surface area contributed by atoms with Crippen LogP contribution in [0.25, 0.3) is 0 Å². The molecule has 1 saturated carbocycles. The lowest BCUT2D eigenvalue weighted by Gasteiger charge is -2.34. The van der Waals surface area contributed by atoms with E-state index < -0.39 is 0 Å². The smallest absolute Gasteiger partial charge is 0.257 e. The quantitative estimate of drug-likeness (QED) is 0.831. The molecule has 1 fully saturated rings. The zero-order valence-electron chi connectivity index (χ0n) is 10.8. The fourth-order valence-electron chi connectivity index (χ4n) is 2.29. The van der Waals surface area contributed by atoms with E-state index in [0.717, 1.165) is 18.5 Å². The number of nitrogens with zero attached hydrogens (tertiary/aromatic N) is 2. The number of hydrogen-bond acceptors (Lipinski definition) is 4. The van der Waals surface area contributed by atoms with E-state index >= 15 is 0 Å². The Balaban J connectivity index is 2.01. The number of rotatable bonds is 3. The maximum Gasteiger partial charge on any atom is 0.257 e. The van der Waals surface area contributed by atoms with Crippen LogP contribution in [0, 0.1) is 12.8 Å².